The van der Waals surface area contributed by atoms with Gasteiger partial charge < -0.3 is 9.80 Å². The van der Waals surface area contributed by atoms with Crippen molar-refractivity contribution in [1.29, 1.82) is 0 Å². The van der Waals surface area contributed by atoms with Crippen molar-refractivity contribution in [3.63, 3.8) is 0 Å². The van der Waals surface area contributed by atoms with Crippen molar-refractivity contribution >= 4 is 17.5 Å². The van der Waals surface area contributed by atoms with E-state index in [0.717, 1.165) is 6.42 Å². The molecule has 0 bridgehead atoms. The monoisotopic (exact) mass is 476 g/mol. The number of nitro groups is 1. The van der Waals surface area contributed by atoms with Gasteiger partial charge in [-0.05, 0) is 44.4 Å². The minimum atomic E-state index is -0.473. The summed E-state index contributed by atoms with van der Waals surface area (Å²) in [6.45, 7) is 5.47. The lowest BCUT2D eigenvalue weighted by Gasteiger charge is -2.38. The third-order valence-electron chi connectivity index (χ3n) is 6.32. The van der Waals surface area contributed by atoms with E-state index in [2.05, 4.69) is 10.3 Å². The van der Waals surface area contributed by atoms with Crippen LogP contribution in [0.1, 0.15) is 52.7 Å². The van der Waals surface area contributed by atoms with Crippen LogP contribution in [-0.4, -0.2) is 67.2 Å². The number of piperidine rings is 1. The number of likely N-dealkylation sites (tertiary alicyclic amines) is 1. The Morgan fingerprint density at radius 2 is 1.83 bits per heavy atom. The van der Waals surface area contributed by atoms with Crippen molar-refractivity contribution < 1.29 is 14.5 Å². The van der Waals surface area contributed by atoms with Crippen LogP contribution in [0.2, 0.25) is 0 Å². The van der Waals surface area contributed by atoms with E-state index in [1.54, 1.807) is 19.1 Å². The Hall–Kier alpha value is -4.08. The smallest absolute Gasteiger partial charge is 0.276 e. The van der Waals surface area contributed by atoms with Crippen LogP contribution in [0.5, 0.6) is 0 Å². The summed E-state index contributed by atoms with van der Waals surface area (Å²) in [5.41, 5.74) is 1.83. The number of non-ortho nitro benzene ring substituents is 1. The van der Waals surface area contributed by atoms with E-state index in [1.807, 2.05) is 47.1 Å². The molecule has 3 aromatic rings. The van der Waals surface area contributed by atoms with Gasteiger partial charge in [0.25, 0.3) is 17.5 Å². The molecule has 10 heteroatoms. The van der Waals surface area contributed by atoms with E-state index in [-0.39, 0.29) is 29.2 Å². The van der Waals surface area contributed by atoms with Crippen LogP contribution in [0, 0.1) is 17.0 Å². The van der Waals surface area contributed by atoms with E-state index in [4.69, 9.17) is 0 Å². The largest absolute Gasteiger partial charge is 0.338 e. The summed E-state index contributed by atoms with van der Waals surface area (Å²) in [5, 5.41) is 19.4. The molecule has 182 valence electrons. The Kier molecular flexibility index (Phi) is 7.19. The summed E-state index contributed by atoms with van der Waals surface area (Å²) >= 11 is 0. The van der Waals surface area contributed by atoms with Crippen molar-refractivity contribution in [2.45, 2.75) is 39.2 Å². The molecule has 0 spiro atoms. The number of hydrogen-bond acceptors (Lipinski definition) is 6. The SMILES string of the molecule is CCCN(C(=O)c1nnn(-c2cccc([N+](=O)[O-])c2)c1C)C1CCN(C(=O)c2ccccc2)CC1. The molecule has 2 amide bonds. The van der Waals surface area contributed by atoms with Crippen molar-refractivity contribution in [2.75, 3.05) is 19.6 Å². The first-order valence-corrected chi connectivity index (χ1v) is 11.7. The highest BCUT2D eigenvalue weighted by Gasteiger charge is 2.32. The molecule has 2 heterocycles. The topological polar surface area (TPSA) is 114 Å². The minimum absolute atomic E-state index is 0.00756. The zero-order chi connectivity index (χ0) is 24.9. The van der Waals surface area contributed by atoms with E-state index in [1.165, 1.54) is 16.8 Å². The first kappa shape index (κ1) is 24.1. The summed E-state index contributed by atoms with van der Waals surface area (Å²) < 4.78 is 1.45. The third-order valence-corrected chi connectivity index (χ3v) is 6.32. The van der Waals surface area contributed by atoms with Crippen molar-refractivity contribution in [1.82, 2.24) is 24.8 Å². The minimum Gasteiger partial charge on any atom is -0.338 e. The lowest BCUT2D eigenvalue weighted by atomic mass is 10.0. The fourth-order valence-corrected chi connectivity index (χ4v) is 4.48. The molecule has 0 aliphatic carbocycles. The van der Waals surface area contributed by atoms with Gasteiger partial charge in [-0.2, -0.15) is 0 Å². The summed E-state index contributed by atoms with van der Waals surface area (Å²) in [5.74, 6) is -0.206. The molecular formula is C25H28N6O4. The quantitative estimate of drug-likeness (QED) is 0.380. The first-order chi connectivity index (χ1) is 16.9. The second-order valence-electron chi connectivity index (χ2n) is 8.60. The zero-order valence-electron chi connectivity index (χ0n) is 19.8. The molecule has 35 heavy (non-hydrogen) atoms. The standard InChI is InChI=1S/C25H28N6O4/c1-3-14-29(20-12-15-28(16-13-20)24(32)19-8-5-4-6-9-19)25(33)23-18(2)30(27-26-23)21-10-7-11-22(17-21)31(34)35/h4-11,17,20H,3,12-16H2,1-2H3. The van der Waals surface area contributed by atoms with Gasteiger partial charge in [0.05, 0.1) is 16.3 Å². The van der Waals surface area contributed by atoms with Crippen LogP contribution in [0.25, 0.3) is 5.69 Å². The van der Waals surface area contributed by atoms with Crippen LogP contribution in [0.15, 0.2) is 54.6 Å². The Labute approximate surface area is 203 Å². The Morgan fingerprint density at radius 1 is 1.11 bits per heavy atom. The molecule has 1 saturated heterocycles. The molecule has 4 rings (SSSR count). The van der Waals surface area contributed by atoms with Gasteiger partial charge in [-0.15, -0.1) is 5.10 Å². The van der Waals surface area contributed by atoms with Crippen LogP contribution in [0.3, 0.4) is 0 Å². The number of benzene rings is 2. The van der Waals surface area contributed by atoms with Gasteiger partial charge >= 0.3 is 0 Å². The molecule has 1 aromatic heterocycles. The number of rotatable bonds is 7. The van der Waals surface area contributed by atoms with Crippen molar-refractivity contribution in [3.8, 4) is 5.69 Å². The molecule has 1 aliphatic heterocycles. The number of hydrogen-bond donors (Lipinski definition) is 0. The molecule has 0 saturated carbocycles. The summed E-state index contributed by atoms with van der Waals surface area (Å²) in [6.07, 6.45) is 2.15. The second kappa shape index (κ2) is 10.5. The number of carbonyl (C=O) groups excluding carboxylic acids is 2. The Morgan fingerprint density at radius 3 is 2.49 bits per heavy atom. The van der Waals surface area contributed by atoms with Crippen LogP contribution in [0.4, 0.5) is 5.69 Å². The van der Waals surface area contributed by atoms with E-state index in [0.29, 0.717) is 49.4 Å². The van der Waals surface area contributed by atoms with E-state index < -0.39 is 4.92 Å². The molecule has 2 aromatic carbocycles. The lowest BCUT2D eigenvalue weighted by molar-refractivity contribution is -0.384. The highest BCUT2D eigenvalue weighted by atomic mass is 16.6. The fourth-order valence-electron chi connectivity index (χ4n) is 4.48. The molecular weight excluding hydrogens is 448 g/mol. The Bertz CT molecular complexity index is 1220. The summed E-state index contributed by atoms with van der Waals surface area (Å²) in [4.78, 5) is 40.7. The Balaban J connectivity index is 1.49. The maximum atomic E-state index is 13.5. The fraction of sp³-hybridized carbons (Fsp3) is 0.360. The van der Waals surface area contributed by atoms with E-state index >= 15 is 0 Å². The van der Waals surface area contributed by atoms with Crippen molar-refractivity contribution in [3.05, 3.63) is 81.7 Å². The van der Waals surface area contributed by atoms with Crippen LogP contribution in [-0.2, 0) is 0 Å². The van der Waals surface area contributed by atoms with Crippen LogP contribution < -0.4 is 0 Å². The van der Waals surface area contributed by atoms with E-state index in [9.17, 15) is 19.7 Å². The predicted octanol–water partition coefficient (Wildman–Crippen LogP) is 3.64. The van der Waals surface area contributed by atoms with Crippen LogP contribution >= 0.6 is 0 Å². The van der Waals surface area contributed by atoms with Gasteiger partial charge in [-0.3, -0.25) is 19.7 Å². The van der Waals surface area contributed by atoms with Gasteiger partial charge in [-0.25, -0.2) is 4.68 Å². The maximum Gasteiger partial charge on any atom is 0.276 e. The van der Waals surface area contributed by atoms with Crippen molar-refractivity contribution in [2.24, 2.45) is 0 Å². The van der Waals surface area contributed by atoms with Gasteiger partial charge in [0.15, 0.2) is 5.69 Å². The first-order valence-electron chi connectivity index (χ1n) is 11.7. The number of nitro benzene ring substituents is 1. The number of amides is 2. The maximum absolute atomic E-state index is 13.5. The highest BCUT2D eigenvalue weighted by Crippen LogP contribution is 2.23. The number of nitrogens with zero attached hydrogens (tertiary/aromatic N) is 6. The molecule has 0 atom stereocenters. The number of carbonyl (C=O) groups is 2. The van der Waals surface area contributed by atoms with Gasteiger partial charge in [-0.1, -0.05) is 36.4 Å². The van der Waals surface area contributed by atoms with Gasteiger partial charge in [0.2, 0.25) is 0 Å². The summed E-state index contributed by atoms with van der Waals surface area (Å²) in [6, 6.07) is 15.3. The van der Waals surface area contributed by atoms with Gasteiger partial charge in [0, 0.05) is 43.4 Å². The molecule has 0 unspecified atom stereocenters. The van der Waals surface area contributed by atoms with Gasteiger partial charge in [0.1, 0.15) is 0 Å². The molecule has 1 aliphatic rings. The average Bonchev–Trinajstić information content (AvgIpc) is 3.28. The zero-order valence-corrected chi connectivity index (χ0v) is 19.8. The molecule has 0 radical (unpaired) electrons. The highest BCUT2D eigenvalue weighted by molar-refractivity contribution is 5.95. The lowest BCUT2D eigenvalue weighted by Crippen LogP contribution is -2.49. The molecule has 10 nitrogen and oxygen atoms in total. The molecule has 1 fully saturated rings. The average molecular weight is 477 g/mol. The number of aromatic nitrogens is 3. The predicted molar refractivity (Wildman–Crippen MR) is 129 cm³/mol. The normalized spacial score (nSPS) is 14.1. The summed E-state index contributed by atoms with van der Waals surface area (Å²) in [7, 11) is 0. The molecule has 0 N–H and O–H groups in total. The third kappa shape index (κ3) is 5.06. The second-order valence-corrected chi connectivity index (χ2v) is 8.60.